The van der Waals surface area contributed by atoms with Crippen LogP contribution in [-0.4, -0.2) is 25.4 Å². The average Bonchev–Trinajstić information content (AvgIpc) is 2.39. The fraction of sp³-hybridized carbons (Fsp3) is 0.308. The highest BCUT2D eigenvalue weighted by Crippen LogP contribution is 2.17. The lowest BCUT2D eigenvalue weighted by Crippen LogP contribution is -2.24. The number of nitrogens with zero attached hydrogens (tertiary/aromatic N) is 1. The minimum atomic E-state index is -3.74. The molecule has 0 aliphatic heterocycles. The van der Waals surface area contributed by atoms with Gasteiger partial charge in [0.2, 0.25) is 10.0 Å². The Labute approximate surface area is 112 Å². The largest absolute Gasteiger partial charge is 0.395 e. The normalized spacial score (nSPS) is 11.8. The summed E-state index contributed by atoms with van der Waals surface area (Å²) >= 11 is 0. The van der Waals surface area contributed by atoms with Gasteiger partial charge in [0.1, 0.15) is 0 Å². The molecular formula is C13H14N2O3S. The van der Waals surface area contributed by atoms with Crippen LogP contribution in [0.2, 0.25) is 0 Å². The van der Waals surface area contributed by atoms with Gasteiger partial charge in [0.05, 0.1) is 18.4 Å². The highest BCUT2D eigenvalue weighted by atomic mass is 32.2. The summed E-state index contributed by atoms with van der Waals surface area (Å²) in [5.41, 5.74) is 0.833. The molecule has 0 aliphatic carbocycles. The van der Waals surface area contributed by atoms with Gasteiger partial charge >= 0.3 is 0 Å². The lowest BCUT2D eigenvalue weighted by atomic mass is 10.2. The van der Waals surface area contributed by atoms with Gasteiger partial charge in [-0.05, 0) is 19.1 Å². The van der Waals surface area contributed by atoms with Crippen LogP contribution in [0.4, 0.5) is 5.69 Å². The van der Waals surface area contributed by atoms with E-state index in [1.165, 1.54) is 6.92 Å². The third kappa shape index (κ3) is 4.29. The molecule has 5 nitrogen and oxygen atoms in total. The van der Waals surface area contributed by atoms with E-state index in [2.05, 4.69) is 16.6 Å². The van der Waals surface area contributed by atoms with E-state index >= 15 is 0 Å². The summed E-state index contributed by atoms with van der Waals surface area (Å²) in [6.45, 7) is 1.26. The summed E-state index contributed by atoms with van der Waals surface area (Å²) in [6, 6.07) is 8.32. The van der Waals surface area contributed by atoms with E-state index in [1.54, 1.807) is 30.3 Å². The van der Waals surface area contributed by atoms with E-state index in [4.69, 9.17) is 10.4 Å². The van der Waals surface area contributed by atoms with Crippen molar-refractivity contribution in [2.75, 3.05) is 11.3 Å². The molecule has 1 aromatic carbocycles. The second kappa shape index (κ2) is 6.79. The highest BCUT2D eigenvalue weighted by Gasteiger charge is 2.20. The van der Waals surface area contributed by atoms with Crippen molar-refractivity contribution in [1.82, 2.24) is 0 Å². The number of sulfonamides is 1. The molecule has 0 aliphatic rings. The van der Waals surface area contributed by atoms with Gasteiger partial charge in [-0.1, -0.05) is 24.0 Å². The van der Waals surface area contributed by atoms with E-state index < -0.39 is 15.3 Å². The van der Waals surface area contributed by atoms with Crippen LogP contribution >= 0.6 is 0 Å². The van der Waals surface area contributed by atoms with E-state index in [9.17, 15) is 8.42 Å². The van der Waals surface area contributed by atoms with Crippen molar-refractivity contribution in [2.45, 2.75) is 18.6 Å². The summed E-state index contributed by atoms with van der Waals surface area (Å²) < 4.78 is 25.9. The second-order valence-electron chi connectivity index (χ2n) is 3.74. The molecule has 2 N–H and O–H groups in total. The zero-order chi connectivity index (χ0) is 14.3. The number of benzene rings is 1. The molecule has 0 radical (unpaired) electrons. The number of nitrogens with one attached hydrogen (secondary N) is 1. The van der Waals surface area contributed by atoms with Gasteiger partial charge in [0.25, 0.3) is 0 Å². The quantitative estimate of drug-likeness (QED) is 0.806. The molecule has 0 bridgehead atoms. The number of anilines is 1. The zero-order valence-corrected chi connectivity index (χ0v) is 11.2. The van der Waals surface area contributed by atoms with Gasteiger partial charge < -0.3 is 5.11 Å². The molecule has 6 heteroatoms. The predicted octanol–water partition coefficient (Wildman–Crippen LogP) is 1.07. The van der Waals surface area contributed by atoms with Crippen LogP contribution in [0.25, 0.3) is 0 Å². The number of hydrogen-bond donors (Lipinski definition) is 2. The van der Waals surface area contributed by atoms with Gasteiger partial charge in [-0.25, -0.2) is 8.42 Å². The van der Waals surface area contributed by atoms with Gasteiger partial charge in [-0.15, -0.1) is 0 Å². The first-order chi connectivity index (χ1) is 9.01. The number of hydrogen-bond acceptors (Lipinski definition) is 4. The number of para-hydroxylation sites is 1. The molecule has 1 aromatic rings. The van der Waals surface area contributed by atoms with Crippen LogP contribution in [0.1, 0.15) is 18.9 Å². The number of aliphatic hydroxyl groups is 1. The molecule has 1 atom stereocenters. The molecule has 0 spiro atoms. The van der Waals surface area contributed by atoms with Crippen molar-refractivity contribution in [3.63, 3.8) is 0 Å². The monoisotopic (exact) mass is 278 g/mol. The Morgan fingerprint density at radius 2 is 2.11 bits per heavy atom. The molecule has 1 unspecified atom stereocenters. The van der Waals surface area contributed by atoms with Crippen molar-refractivity contribution >= 4 is 15.7 Å². The van der Waals surface area contributed by atoms with Crippen molar-refractivity contribution in [3.05, 3.63) is 29.8 Å². The third-order valence-corrected chi connectivity index (χ3v) is 3.83. The molecule has 1 rings (SSSR count). The SMILES string of the molecule is CC(C#N)S(=O)(=O)Nc1ccccc1C#CCCO. The van der Waals surface area contributed by atoms with Crippen LogP contribution in [-0.2, 0) is 10.0 Å². The van der Waals surface area contributed by atoms with Crippen molar-refractivity contribution in [2.24, 2.45) is 0 Å². The van der Waals surface area contributed by atoms with Crippen molar-refractivity contribution in [3.8, 4) is 17.9 Å². The summed E-state index contributed by atoms with van der Waals surface area (Å²) in [4.78, 5) is 0. The summed E-state index contributed by atoms with van der Waals surface area (Å²) in [5.74, 6) is 5.49. The number of rotatable bonds is 4. The second-order valence-corrected chi connectivity index (χ2v) is 5.74. The van der Waals surface area contributed by atoms with Crippen LogP contribution in [0, 0.1) is 23.2 Å². The standard InChI is InChI=1S/C13H14N2O3S/c1-11(10-14)19(17,18)15-13-8-3-2-6-12(13)7-4-5-9-16/h2-3,6,8,11,15-16H,5,9H2,1H3. The van der Waals surface area contributed by atoms with Gasteiger partial charge in [-0.2, -0.15) is 5.26 Å². The first-order valence-corrected chi connectivity index (χ1v) is 7.16. The Morgan fingerprint density at radius 1 is 1.42 bits per heavy atom. The number of nitriles is 1. The van der Waals surface area contributed by atoms with Crippen LogP contribution in [0.15, 0.2) is 24.3 Å². The molecule has 19 heavy (non-hydrogen) atoms. The third-order valence-electron chi connectivity index (χ3n) is 2.29. The predicted molar refractivity (Wildman–Crippen MR) is 72.6 cm³/mol. The van der Waals surface area contributed by atoms with E-state index in [-0.39, 0.29) is 6.61 Å². The van der Waals surface area contributed by atoms with Crippen LogP contribution in [0.3, 0.4) is 0 Å². The molecule has 100 valence electrons. The zero-order valence-electron chi connectivity index (χ0n) is 10.4. The first-order valence-electron chi connectivity index (χ1n) is 5.61. The lowest BCUT2D eigenvalue weighted by molar-refractivity contribution is 0.305. The summed E-state index contributed by atoms with van der Waals surface area (Å²) in [7, 11) is -3.74. The Hall–Kier alpha value is -2.02. The molecule has 0 saturated heterocycles. The fourth-order valence-electron chi connectivity index (χ4n) is 1.21. The Morgan fingerprint density at radius 3 is 2.74 bits per heavy atom. The minimum absolute atomic E-state index is 0.0492. The fourth-order valence-corrected chi connectivity index (χ4v) is 2.01. The van der Waals surface area contributed by atoms with E-state index in [1.807, 2.05) is 0 Å². The maximum atomic E-state index is 11.8. The van der Waals surface area contributed by atoms with E-state index in [0.29, 0.717) is 17.7 Å². The average molecular weight is 278 g/mol. The highest BCUT2D eigenvalue weighted by molar-refractivity contribution is 7.93. The van der Waals surface area contributed by atoms with E-state index in [0.717, 1.165) is 0 Å². The summed E-state index contributed by atoms with van der Waals surface area (Å²) in [5, 5.41) is 16.2. The Balaban J connectivity index is 3.04. The molecule has 0 aromatic heterocycles. The number of aliphatic hydroxyl groups excluding tert-OH is 1. The maximum Gasteiger partial charge on any atom is 0.248 e. The lowest BCUT2D eigenvalue weighted by Gasteiger charge is -2.10. The molecule has 0 heterocycles. The molecule has 0 amide bonds. The van der Waals surface area contributed by atoms with Crippen LogP contribution in [0.5, 0.6) is 0 Å². The smallest absolute Gasteiger partial charge is 0.248 e. The summed E-state index contributed by atoms with van der Waals surface area (Å²) in [6.07, 6.45) is 0.315. The van der Waals surface area contributed by atoms with Crippen molar-refractivity contribution < 1.29 is 13.5 Å². The minimum Gasteiger partial charge on any atom is -0.395 e. The van der Waals surface area contributed by atoms with Gasteiger partial charge in [0, 0.05) is 12.0 Å². The topological polar surface area (TPSA) is 90.2 Å². The maximum absolute atomic E-state index is 11.8. The van der Waals surface area contributed by atoms with Crippen LogP contribution < -0.4 is 4.72 Å². The molecular weight excluding hydrogens is 264 g/mol. The van der Waals surface area contributed by atoms with Gasteiger partial charge in [-0.3, -0.25) is 4.72 Å². The molecule has 0 fully saturated rings. The first kappa shape index (κ1) is 15.0. The van der Waals surface area contributed by atoms with Crippen molar-refractivity contribution in [1.29, 1.82) is 5.26 Å². The Bertz CT molecular complexity index is 636. The van der Waals surface area contributed by atoms with Gasteiger partial charge in [0.15, 0.2) is 5.25 Å². The molecule has 0 saturated carbocycles. The Kier molecular flexibility index (Phi) is 5.37.